The zero-order chi connectivity index (χ0) is 13.7. The summed E-state index contributed by atoms with van der Waals surface area (Å²) in [5, 5.41) is 0. The van der Waals surface area contributed by atoms with Gasteiger partial charge in [-0.2, -0.15) is 0 Å². The second-order valence-corrected chi connectivity index (χ2v) is 5.84. The molecule has 1 aromatic carbocycles. The highest BCUT2D eigenvalue weighted by molar-refractivity contribution is 7.89. The quantitative estimate of drug-likeness (QED) is 0.804. The standard InChI is InChI=1S/C13H15N3O2S/c14-12-2-1-3-13(10-12)19(17,18)16-9-6-11-4-7-15-8-5-11/h1-5,7-8,10,16H,6,9,14H2. The number of hydrogen-bond acceptors (Lipinski definition) is 4. The van der Waals surface area contributed by atoms with Gasteiger partial charge >= 0.3 is 0 Å². The summed E-state index contributed by atoms with van der Waals surface area (Å²) in [6, 6.07) is 9.94. The molecule has 0 aliphatic heterocycles. The first-order valence-corrected chi connectivity index (χ1v) is 7.30. The van der Waals surface area contributed by atoms with Crippen molar-refractivity contribution < 1.29 is 8.42 Å². The van der Waals surface area contributed by atoms with Gasteiger partial charge in [-0.3, -0.25) is 4.98 Å². The first kappa shape index (κ1) is 13.5. The maximum absolute atomic E-state index is 12.0. The molecule has 2 rings (SSSR count). The summed E-state index contributed by atoms with van der Waals surface area (Å²) in [4.78, 5) is 4.09. The molecule has 0 atom stereocenters. The fourth-order valence-electron chi connectivity index (χ4n) is 1.64. The summed E-state index contributed by atoms with van der Waals surface area (Å²) in [5.74, 6) is 0. The van der Waals surface area contributed by atoms with Crippen molar-refractivity contribution >= 4 is 15.7 Å². The molecule has 0 amide bonds. The largest absolute Gasteiger partial charge is 0.399 e. The molecule has 19 heavy (non-hydrogen) atoms. The Morgan fingerprint density at radius 1 is 1.16 bits per heavy atom. The van der Waals surface area contributed by atoms with Gasteiger partial charge in [0, 0.05) is 24.6 Å². The minimum Gasteiger partial charge on any atom is -0.399 e. The molecular formula is C13H15N3O2S. The number of hydrogen-bond donors (Lipinski definition) is 2. The summed E-state index contributed by atoms with van der Waals surface area (Å²) < 4.78 is 26.5. The summed E-state index contributed by atoms with van der Waals surface area (Å²) in [6.45, 7) is 0.334. The lowest BCUT2D eigenvalue weighted by Gasteiger charge is -2.07. The number of benzene rings is 1. The molecule has 0 aliphatic carbocycles. The van der Waals surface area contributed by atoms with E-state index in [-0.39, 0.29) is 4.90 Å². The number of nitrogens with one attached hydrogen (secondary N) is 1. The molecule has 0 bridgehead atoms. The van der Waals surface area contributed by atoms with E-state index >= 15 is 0 Å². The molecule has 2 aromatic rings. The lowest BCUT2D eigenvalue weighted by atomic mass is 10.2. The van der Waals surface area contributed by atoms with Crippen molar-refractivity contribution in [1.29, 1.82) is 0 Å². The second-order valence-electron chi connectivity index (χ2n) is 4.08. The summed E-state index contributed by atoms with van der Waals surface area (Å²) in [7, 11) is -3.50. The molecule has 0 radical (unpaired) electrons. The molecule has 0 unspecified atom stereocenters. The number of pyridine rings is 1. The molecule has 100 valence electrons. The molecule has 5 nitrogen and oxygen atoms in total. The van der Waals surface area contributed by atoms with E-state index in [1.165, 1.54) is 12.1 Å². The first-order valence-electron chi connectivity index (χ1n) is 5.82. The lowest BCUT2D eigenvalue weighted by Crippen LogP contribution is -2.26. The Morgan fingerprint density at radius 3 is 2.58 bits per heavy atom. The van der Waals surface area contributed by atoms with Crippen molar-refractivity contribution in [3.05, 3.63) is 54.4 Å². The van der Waals surface area contributed by atoms with Crippen LogP contribution < -0.4 is 10.5 Å². The molecule has 6 heteroatoms. The van der Waals surface area contributed by atoms with Gasteiger partial charge in [0.05, 0.1) is 4.90 Å². The van der Waals surface area contributed by atoms with Crippen LogP contribution in [0.4, 0.5) is 5.69 Å². The molecule has 0 fully saturated rings. The molecule has 0 saturated carbocycles. The van der Waals surface area contributed by atoms with Gasteiger partial charge in [-0.1, -0.05) is 6.07 Å². The van der Waals surface area contributed by atoms with Crippen LogP contribution in [0.2, 0.25) is 0 Å². The van der Waals surface area contributed by atoms with E-state index in [9.17, 15) is 8.42 Å². The van der Waals surface area contributed by atoms with Crippen LogP contribution in [0, 0.1) is 0 Å². The molecule has 3 N–H and O–H groups in total. The molecule has 0 aliphatic rings. The van der Waals surface area contributed by atoms with E-state index < -0.39 is 10.0 Å². The van der Waals surface area contributed by atoms with Crippen LogP contribution in [-0.2, 0) is 16.4 Å². The van der Waals surface area contributed by atoms with Gasteiger partial charge in [0.1, 0.15) is 0 Å². The molecular weight excluding hydrogens is 262 g/mol. The van der Waals surface area contributed by atoms with Gasteiger partial charge < -0.3 is 5.73 Å². The van der Waals surface area contributed by atoms with E-state index in [4.69, 9.17) is 5.73 Å². The van der Waals surface area contributed by atoms with E-state index in [1.54, 1.807) is 24.5 Å². The topological polar surface area (TPSA) is 85.1 Å². The van der Waals surface area contributed by atoms with E-state index in [2.05, 4.69) is 9.71 Å². The Morgan fingerprint density at radius 2 is 1.89 bits per heavy atom. The predicted octanol–water partition coefficient (Wildman–Crippen LogP) is 1.18. The average Bonchev–Trinajstić information content (AvgIpc) is 2.40. The minimum absolute atomic E-state index is 0.183. The number of nitrogens with zero attached hydrogens (tertiary/aromatic N) is 1. The number of aromatic nitrogens is 1. The predicted molar refractivity (Wildman–Crippen MR) is 74.0 cm³/mol. The normalized spacial score (nSPS) is 11.4. The van der Waals surface area contributed by atoms with Crippen LogP contribution >= 0.6 is 0 Å². The zero-order valence-electron chi connectivity index (χ0n) is 10.3. The van der Waals surface area contributed by atoms with E-state index in [0.29, 0.717) is 18.7 Å². The van der Waals surface area contributed by atoms with Gasteiger partial charge in [-0.05, 0) is 42.3 Å². The summed E-state index contributed by atoms with van der Waals surface area (Å²) in [6.07, 6.45) is 3.98. The highest BCUT2D eigenvalue weighted by atomic mass is 32.2. The highest BCUT2D eigenvalue weighted by Crippen LogP contribution is 2.12. The van der Waals surface area contributed by atoms with Gasteiger partial charge in [0.15, 0.2) is 0 Å². The van der Waals surface area contributed by atoms with Crippen molar-refractivity contribution in [2.24, 2.45) is 0 Å². The van der Waals surface area contributed by atoms with Crippen molar-refractivity contribution in [2.45, 2.75) is 11.3 Å². The van der Waals surface area contributed by atoms with Gasteiger partial charge in [0.25, 0.3) is 0 Å². The summed E-state index contributed by atoms with van der Waals surface area (Å²) >= 11 is 0. The van der Waals surface area contributed by atoms with Gasteiger partial charge in [-0.15, -0.1) is 0 Å². The number of nitrogens with two attached hydrogens (primary N) is 1. The highest BCUT2D eigenvalue weighted by Gasteiger charge is 2.13. The van der Waals surface area contributed by atoms with Crippen LogP contribution in [0.25, 0.3) is 0 Å². The maximum atomic E-state index is 12.0. The Balaban J connectivity index is 1.99. The Bertz CT molecular complexity index is 642. The first-order chi connectivity index (χ1) is 9.08. The maximum Gasteiger partial charge on any atom is 0.240 e. The third-order valence-corrected chi connectivity index (χ3v) is 4.08. The smallest absolute Gasteiger partial charge is 0.240 e. The van der Waals surface area contributed by atoms with Gasteiger partial charge in [-0.25, -0.2) is 13.1 Å². The van der Waals surface area contributed by atoms with Crippen molar-refractivity contribution in [1.82, 2.24) is 9.71 Å². The minimum atomic E-state index is -3.50. The molecule has 0 saturated heterocycles. The molecule has 1 heterocycles. The average molecular weight is 277 g/mol. The second kappa shape index (κ2) is 5.81. The Hall–Kier alpha value is -1.92. The number of anilines is 1. The van der Waals surface area contributed by atoms with E-state index in [0.717, 1.165) is 5.56 Å². The van der Waals surface area contributed by atoms with E-state index in [1.807, 2.05) is 12.1 Å². The number of nitrogen functional groups attached to an aromatic ring is 1. The van der Waals surface area contributed by atoms with Crippen LogP contribution in [0.1, 0.15) is 5.56 Å². The van der Waals surface area contributed by atoms with Crippen molar-refractivity contribution in [3.63, 3.8) is 0 Å². The lowest BCUT2D eigenvalue weighted by molar-refractivity contribution is 0.581. The van der Waals surface area contributed by atoms with Crippen LogP contribution in [-0.4, -0.2) is 19.9 Å². The third-order valence-electron chi connectivity index (χ3n) is 2.62. The fourth-order valence-corrected chi connectivity index (χ4v) is 2.73. The zero-order valence-corrected chi connectivity index (χ0v) is 11.1. The SMILES string of the molecule is Nc1cccc(S(=O)(=O)NCCc2ccncc2)c1. The number of sulfonamides is 1. The van der Waals surface area contributed by atoms with Crippen molar-refractivity contribution in [3.8, 4) is 0 Å². The van der Waals surface area contributed by atoms with Crippen LogP contribution in [0.15, 0.2) is 53.7 Å². The Labute approximate surface area is 112 Å². The summed E-state index contributed by atoms with van der Waals surface area (Å²) in [5.41, 5.74) is 7.04. The third kappa shape index (κ3) is 3.77. The van der Waals surface area contributed by atoms with Crippen LogP contribution in [0.5, 0.6) is 0 Å². The molecule has 0 spiro atoms. The monoisotopic (exact) mass is 277 g/mol. The van der Waals surface area contributed by atoms with Crippen LogP contribution in [0.3, 0.4) is 0 Å². The Kier molecular flexibility index (Phi) is 4.13. The van der Waals surface area contributed by atoms with Gasteiger partial charge in [0.2, 0.25) is 10.0 Å². The molecule has 1 aromatic heterocycles. The fraction of sp³-hybridized carbons (Fsp3) is 0.154. The van der Waals surface area contributed by atoms with Crippen molar-refractivity contribution in [2.75, 3.05) is 12.3 Å². The number of rotatable bonds is 5.